The van der Waals surface area contributed by atoms with Crippen LogP contribution in [0.5, 0.6) is 0 Å². The molecule has 92 valence electrons. The van der Waals surface area contributed by atoms with Gasteiger partial charge in [-0.2, -0.15) is 0 Å². The highest BCUT2D eigenvalue weighted by molar-refractivity contribution is 4.95. The van der Waals surface area contributed by atoms with Crippen LogP contribution in [-0.2, 0) is 4.74 Å². The van der Waals surface area contributed by atoms with Crippen molar-refractivity contribution >= 4 is 0 Å². The van der Waals surface area contributed by atoms with Gasteiger partial charge in [-0.05, 0) is 49.9 Å². The van der Waals surface area contributed by atoms with Crippen LogP contribution in [0.2, 0.25) is 0 Å². The largest absolute Gasteiger partial charge is 0.357 e. The average molecular weight is 223 g/mol. The van der Waals surface area contributed by atoms with E-state index in [1.165, 1.54) is 51.5 Å². The van der Waals surface area contributed by atoms with Gasteiger partial charge in [0, 0.05) is 6.54 Å². The van der Waals surface area contributed by atoms with Crippen molar-refractivity contribution in [2.75, 3.05) is 6.54 Å². The first-order valence-corrected chi connectivity index (χ1v) is 7.02. The van der Waals surface area contributed by atoms with Crippen molar-refractivity contribution in [1.29, 1.82) is 0 Å². The van der Waals surface area contributed by atoms with Crippen LogP contribution in [0.4, 0.5) is 0 Å². The number of hydrogen-bond donors (Lipinski definition) is 1. The summed E-state index contributed by atoms with van der Waals surface area (Å²) in [6.45, 7) is 5.98. The molecule has 3 rings (SSSR count). The third kappa shape index (κ3) is 1.91. The van der Waals surface area contributed by atoms with Crippen LogP contribution in [0.25, 0.3) is 0 Å². The van der Waals surface area contributed by atoms with Gasteiger partial charge in [0.05, 0.1) is 6.10 Å². The predicted molar refractivity (Wildman–Crippen MR) is 65.2 cm³/mol. The zero-order chi connectivity index (χ0) is 11.2. The smallest absolute Gasteiger partial charge is 0.119 e. The summed E-state index contributed by atoms with van der Waals surface area (Å²) < 4.78 is 6.42. The van der Waals surface area contributed by atoms with Gasteiger partial charge in [-0.25, -0.2) is 0 Å². The molecule has 0 aromatic heterocycles. The fourth-order valence-electron chi connectivity index (χ4n) is 3.67. The molecule has 1 N–H and O–H groups in total. The van der Waals surface area contributed by atoms with Gasteiger partial charge in [0.25, 0.3) is 0 Å². The minimum absolute atomic E-state index is 0.0566. The molecule has 1 aliphatic heterocycles. The Hall–Kier alpha value is -0.0800. The Morgan fingerprint density at radius 3 is 2.56 bits per heavy atom. The van der Waals surface area contributed by atoms with Gasteiger partial charge < -0.3 is 4.74 Å². The van der Waals surface area contributed by atoms with E-state index in [4.69, 9.17) is 4.74 Å². The quantitative estimate of drug-likeness (QED) is 0.681. The molecule has 3 aliphatic rings. The third-order valence-electron chi connectivity index (χ3n) is 5.06. The number of hydrogen-bond acceptors (Lipinski definition) is 2. The lowest BCUT2D eigenvalue weighted by Gasteiger charge is -2.49. The second-order valence-corrected chi connectivity index (χ2v) is 6.89. The summed E-state index contributed by atoms with van der Waals surface area (Å²) in [6.07, 6.45) is 9.65. The summed E-state index contributed by atoms with van der Waals surface area (Å²) in [5.74, 6) is 0.806. The Labute approximate surface area is 99.1 Å². The van der Waals surface area contributed by atoms with Crippen molar-refractivity contribution < 1.29 is 4.74 Å². The standard InChI is InChI=1S/C14H25NO/c1-13(2)6-8-14(9-7-13)15-10-11-4-3-5-12(11)16-14/h11-12,15H,3-10H2,1-2H3. The van der Waals surface area contributed by atoms with Crippen LogP contribution in [0.1, 0.15) is 58.8 Å². The maximum absolute atomic E-state index is 6.42. The molecule has 0 amide bonds. The summed E-state index contributed by atoms with van der Waals surface area (Å²) in [6, 6.07) is 0. The molecule has 1 spiro atoms. The lowest BCUT2D eigenvalue weighted by Crippen LogP contribution is -2.59. The lowest BCUT2D eigenvalue weighted by molar-refractivity contribution is -0.181. The number of fused-ring (bicyclic) bond motifs is 1. The summed E-state index contributed by atoms with van der Waals surface area (Å²) in [5.41, 5.74) is 0.587. The monoisotopic (exact) mass is 223 g/mol. The van der Waals surface area contributed by atoms with Gasteiger partial charge in [-0.1, -0.05) is 20.3 Å². The zero-order valence-electron chi connectivity index (χ0n) is 10.7. The SMILES string of the molecule is CC1(C)CCC2(CC1)NCC1CCCC1O2. The van der Waals surface area contributed by atoms with E-state index in [0.717, 1.165) is 5.92 Å². The van der Waals surface area contributed by atoms with E-state index in [-0.39, 0.29) is 5.72 Å². The van der Waals surface area contributed by atoms with Crippen LogP contribution in [0.3, 0.4) is 0 Å². The van der Waals surface area contributed by atoms with Crippen LogP contribution in [0.15, 0.2) is 0 Å². The molecule has 2 unspecified atom stereocenters. The van der Waals surface area contributed by atoms with Crippen molar-refractivity contribution in [3.05, 3.63) is 0 Å². The molecule has 2 saturated carbocycles. The molecule has 2 aliphatic carbocycles. The highest BCUT2D eigenvalue weighted by Crippen LogP contribution is 2.45. The first kappa shape index (κ1) is 11.0. The molecular formula is C14H25NO. The van der Waals surface area contributed by atoms with E-state index >= 15 is 0 Å². The summed E-state index contributed by atoms with van der Waals surface area (Å²) in [4.78, 5) is 0. The molecule has 0 radical (unpaired) electrons. The summed E-state index contributed by atoms with van der Waals surface area (Å²) >= 11 is 0. The van der Waals surface area contributed by atoms with Crippen molar-refractivity contribution in [2.45, 2.75) is 70.6 Å². The molecule has 0 aromatic rings. The Kier molecular flexibility index (Phi) is 2.56. The average Bonchev–Trinajstić information content (AvgIpc) is 2.70. The first-order valence-electron chi connectivity index (χ1n) is 7.02. The van der Waals surface area contributed by atoms with Crippen molar-refractivity contribution in [3.63, 3.8) is 0 Å². The molecule has 1 saturated heterocycles. The Morgan fingerprint density at radius 2 is 1.81 bits per heavy atom. The van der Waals surface area contributed by atoms with E-state index in [1.54, 1.807) is 0 Å². The molecular weight excluding hydrogens is 198 g/mol. The van der Waals surface area contributed by atoms with Crippen molar-refractivity contribution in [3.8, 4) is 0 Å². The topological polar surface area (TPSA) is 21.3 Å². The number of nitrogens with one attached hydrogen (secondary N) is 1. The highest BCUT2D eigenvalue weighted by Gasteiger charge is 2.46. The number of ether oxygens (including phenoxy) is 1. The van der Waals surface area contributed by atoms with E-state index in [1.807, 2.05) is 0 Å². The first-order chi connectivity index (χ1) is 7.59. The minimum atomic E-state index is 0.0566. The van der Waals surface area contributed by atoms with Gasteiger partial charge in [-0.3, -0.25) is 5.32 Å². The fraction of sp³-hybridized carbons (Fsp3) is 1.00. The third-order valence-corrected chi connectivity index (χ3v) is 5.06. The fourth-order valence-corrected chi connectivity index (χ4v) is 3.67. The van der Waals surface area contributed by atoms with E-state index < -0.39 is 0 Å². The lowest BCUT2D eigenvalue weighted by atomic mass is 9.73. The van der Waals surface area contributed by atoms with Gasteiger partial charge in [0.1, 0.15) is 5.72 Å². The molecule has 1 heterocycles. The normalized spacial score (nSPS) is 40.9. The van der Waals surface area contributed by atoms with E-state index in [9.17, 15) is 0 Å². The zero-order valence-corrected chi connectivity index (χ0v) is 10.7. The van der Waals surface area contributed by atoms with Crippen molar-refractivity contribution in [1.82, 2.24) is 5.32 Å². The Morgan fingerprint density at radius 1 is 1.06 bits per heavy atom. The molecule has 0 aromatic carbocycles. The van der Waals surface area contributed by atoms with Gasteiger partial charge in [0.2, 0.25) is 0 Å². The van der Waals surface area contributed by atoms with Crippen LogP contribution < -0.4 is 5.32 Å². The molecule has 2 heteroatoms. The highest BCUT2D eigenvalue weighted by atomic mass is 16.5. The Bertz CT molecular complexity index is 264. The predicted octanol–water partition coefficient (Wildman–Crippen LogP) is 3.07. The summed E-state index contributed by atoms with van der Waals surface area (Å²) in [5, 5.41) is 3.72. The van der Waals surface area contributed by atoms with Gasteiger partial charge >= 0.3 is 0 Å². The minimum Gasteiger partial charge on any atom is -0.357 e. The molecule has 2 atom stereocenters. The molecule has 0 bridgehead atoms. The van der Waals surface area contributed by atoms with Gasteiger partial charge in [0.15, 0.2) is 0 Å². The van der Waals surface area contributed by atoms with Crippen LogP contribution in [0, 0.1) is 11.3 Å². The van der Waals surface area contributed by atoms with Gasteiger partial charge in [-0.15, -0.1) is 0 Å². The molecule has 16 heavy (non-hydrogen) atoms. The van der Waals surface area contributed by atoms with E-state index in [0.29, 0.717) is 11.5 Å². The second-order valence-electron chi connectivity index (χ2n) is 6.89. The Balaban J connectivity index is 1.67. The van der Waals surface area contributed by atoms with Crippen LogP contribution >= 0.6 is 0 Å². The maximum Gasteiger partial charge on any atom is 0.119 e. The second kappa shape index (κ2) is 3.71. The molecule has 2 nitrogen and oxygen atoms in total. The number of rotatable bonds is 0. The maximum atomic E-state index is 6.42. The van der Waals surface area contributed by atoms with Crippen LogP contribution in [-0.4, -0.2) is 18.4 Å². The summed E-state index contributed by atoms with van der Waals surface area (Å²) in [7, 11) is 0. The van der Waals surface area contributed by atoms with E-state index in [2.05, 4.69) is 19.2 Å². The molecule has 3 fully saturated rings. The van der Waals surface area contributed by atoms with Crippen molar-refractivity contribution in [2.24, 2.45) is 11.3 Å².